The second-order valence-electron chi connectivity index (χ2n) is 5.90. The first kappa shape index (κ1) is 21.2. The van der Waals surface area contributed by atoms with Gasteiger partial charge in [0.25, 0.3) is 0 Å². The van der Waals surface area contributed by atoms with E-state index in [1.807, 2.05) is 26.0 Å². The fourth-order valence-electron chi connectivity index (χ4n) is 2.33. The van der Waals surface area contributed by atoms with Crippen LogP contribution in [0.25, 0.3) is 0 Å². The molecular weight excluding hydrogens is 418 g/mol. The molecule has 0 N–H and O–H groups in total. The molecule has 0 aliphatic rings. The van der Waals surface area contributed by atoms with Crippen molar-refractivity contribution in [2.45, 2.75) is 39.4 Å². The molecule has 140 valence electrons. The second kappa shape index (κ2) is 9.18. The molecule has 0 heterocycles. The average molecular weight is 436 g/mol. The van der Waals surface area contributed by atoms with Gasteiger partial charge in [-0.05, 0) is 49.1 Å². The Balaban J connectivity index is 2.02. The Morgan fingerprint density at radius 3 is 2.19 bits per heavy atom. The summed E-state index contributed by atoms with van der Waals surface area (Å²) in [5, 5.41) is 0.866. The maximum Gasteiger partial charge on any atom is 0.347 e. The lowest BCUT2D eigenvalue weighted by Crippen LogP contribution is -2.26. The molecule has 0 saturated carbocycles. The molecule has 0 radical (unpaired) electrons. The molecule has 2 rings (SSSR count). The summed E-state index contributed by atoms with van der Waals surface area (Å²) in [6.45, 7) is 5.65. The molecule has 0 amide bonds. The summed E-state index contributed by atoms with van der Waals surface area (Å²) in [6, 6.07) is 6.90. The van der Waals surface area contributed by atoms with Gasteiger partial charge in [0.15, 0.2) is 6.10 Å². The van der Waals surface area contributed by atoms with Crippen molar-refractivity contribution < 1.29 is 14.3 Å². The highest BCUT2D eigenvalue weighted by Crippen LogP contribution is 2.34. The summed E-state index contributed by atoms with van der Waals surface area (Å²) in [5.74, 6) is 0.205. The third kappa shape index (κ3) is 5.20. The smallest absolute Gasteiger partial charge is 0.347 e. The second-order valence-corrected chi connectivity index (χ2v) is 7.39. The number of rotatable bonds is 6. The number of ether oxygens (including phenoxy) is 2. The molecule has 1 atom stereocenters. The van der Waals surface area contributed by atoms with Gasteiger partial charge in [-0.15, -0.1) is 11.6 Å². The number of esters is 1. The minimum Gasteiger partial charge on any atom is -0.477 e. The van der Waals surface area contributed by atoms with Crippen LogP contribution in [0, 0.1) is 13.8 Å². The highest BCUT2D eigenvalue weighted by molar-refractivity contribution is 6.43. The van der Waals surface area contributed by atoms with Crippen LogP contribution in [0.4, 0.5) is 0 Å². The monoisotopic (exact) mass is 434 g/mol. The predicted octanol–water partition coefficient (Wildman–Crippen LogP) is 6.51. The lowest BCUT2D eigenvalue weighted by atomic mass is 10.0. The molecule has 0 bridgehead atoms. The van der Waals surface area contributed by atoms with Crippen LogP contribution in [0.5, 0.6) is 5.75 Å². The van der Waals surface area contributed by atoms with Crippen molar-refractivity contribution >= 4 is 52.4 Å². The number of benzene rings is 2. The zero-order valence-corrected chi connectivity index (χ0v) is 17.6. The highest BCUT2D eigenvalue weighted by atomic mass is 35.5. The first-order chi connectivity index (χ1) is 12.2. The molecule has 2 aromatic rings. The van der Waals surface area contributed by atoms with Gasteiger partial charge in [-0.3, -0.25) is 0 Å². The van der Waals surface area contributed by atoms with E-state index in [-0.39, 0.29) is 22.4 Å². The van der Waals surface area contributed by atoms with Crippen molar-refractivity contribution in [1.29, 1.82) is 0 Å². The maximum absolute atomic E-state index is 12.2. The van der Waals surface area contributed by atoms with E-state index in [2.05, 4.69) is 0 Å². The quantitative estimate of drug-likeness (QED) is 0.294. The Kier molecular flexibility index (Phi) is 7.48. The van der Waals surface area contributed by atoms with E-state index in [1.54, 1.807) is 6.92 Å². The van der Waals surface area contributed by atoms with Crippen molar-refractivity contribution in [2.24, 2.45) is 0 Å². The molecule has 0 aliphatic carbocycles. The van der Waals surface area contributed by atoms with Gasteiger partial charge in [0.2, 0.25) is 0 Å². The molecular formula is C19H18Cl4O3. The molecule has 7 heteroatoms. The topological polar surface area (TPSA) is 35.5 Å². The van der Waals surface area contributed by atoms with Crippen LogP contribution in [0.1, 0.15) is 29.2 Å². The number of carbonyl (C=O) groups is 1. The van der Waals surface area contributed by atoms with Crippen molar-refractivity contribution in [3.63, 3.8) is 0 Å². The number of carbonyl (C=O) groups excluding carboxylic acids is 1. The summed E-state index contributed by atoms with van der Waals surface area (Å²) in [4.78, 5) is 12.2. The first-order valence-corrected chi connectivity index (χ1v) is 9.52. The van der Waals surface area contributed by atoms with Crippen molar-refractivity contribution in [2.75, 3.05) is 0 Å². The number of halogens is 4. The zero-order valence-electron chi connectivity index (χ0n) is 14.5. The summed E-state index contributed by atoms with van der Waals surface area (Å²) >= 11 is 23.8. The first-order valence-electron chi connectivity index (χ1n) is 7.85. The van der Waals surface area contributed by atoms with Crippen LogP contribution in [0.3, 0.4) is 0 Å². The van der Waals surface area contributed by atoms with Gasteiger partial charge >= 0.3 is 5.97 Å². The molecule has 0 aliphatic heterocycles. The summed E-state index contributed by atoms with van der Waals surface area (Å²) < 4.78 is 10.9. The molecule has 1 unspecified atom stereocenters. The normalized spacial score (nSPS) is 12.0. The van der Waals surface area contributed by atoms with E-state index >= 15 is 0 Å². The van der Waals surface area contributed by atoms with Gasteiger partial charge in [0, 0.05) is 11.9 Å². The molecule has 26 heavy (non-hydrogen) atoms. The Morgan fingerprint density at radius 2 is 1.54 bits per heavy atom. The van der Waals surface area contributed by atoms with Crippen LogP contribution in [-0.4, -0.2) is 12.1 Å². The lowest BCUT2D eigenvalue weighted by Gasteiger charge is -2.16. The van der Waals surface area contributed by atoms with Gasteiger partial charge in [0.05, 0.1) is 15.1 Å². The van der Waals surface area contributed by atoms with Crippen molar-refractivity contribution in [3.8, 4) is 5.75 Å². The molecule has 0 spiro atoms. The average Bonchev–Trinajstić information content (AvgIpc) is 2.59. The number of hydrogen-bond donors (Lipinski definition) is 0. The van der Waals surface area contributed by atoms with Gasteiger partial charge < -0.3 is 9.47 Å². The Bertz CT molecular complexity index is 821. The fourth-order valence-corrected chi connectivity index (χ4v) is 3.20. The van der Waals surface area contributed by atoms with E-state index in [0.29, 0.717) is 10.9 Å². The minimum atomic E-state index is -0.853. The van der Waals surface area contributed by atoms with Crippen LogP contribution in [-0.2, 0) is 22.0 Å². The zero-order chi connectivity index (χ0) is 19.4. The maximum atomic E-state index is 12.2. The van der Waals surface area contributed by atoms with E-state index in [4.69, 9.17) is 55.9 Å². The number of hydrogen-bond acceptors (Lipinski definition) is 3. The van der Waals surface area contributed by atoms with E-state index in [0.717, 1.165) is 22.3 Å². The van der Waals surface area contributed by atoms with Gasteiger partial charge in [-0.1, -0.05) is 46.9 Å². The SMILES string of the molecule is Cc1cc(COC(=O)C(C)Oc2cc(Cl)c(Cl)cc2Cl)c(C)cc1CCl. The van der Waals surface area contributed by atoms with Crippen LogP contribution in [0.15, 0.2) is 24.3 Å². The molecule has 0 saturated heterocycles. The Morgan fingerprint density at radius 1 is 0.962 bits per heavy atom. The van der Waals surface area contributed by atoms with Crippen molar-refractivity contribution in [1.82, 2.24) is 0 Å². The fraction of sp³-hybridized carbons (Fsp3) is 0.316. The van der Waals surface area contributed by atoms with Crippen LogP contribution in [0.2, 0.25) is 15.1 Å². The molecule has 2 aromatic carbocycles. The third-order valence-corrected chi connectivity index (χ3v) is 5.22. The molecule has 0 aromatic heterocycles. The predicted molar refractivity (Wildman–Crippen MR) is 107 cm³/mol. The third-order valence-electron chi connectivity index (χ3n) is 3.92. The Labute approximate surface area is 173 Å². The van der Waals surface area contributed by atoms with E-state index in [1.165, 1.54) is 12.1 Å². The van der Waals surface area contributed by atoms with Gasteiger partial charge in [-0.2, -0.15) is 0 Å². The van der Waals surface area contributed by atoms with E-state index < -0.39 is 12.1 Å². The van der Waals surface area contributed by atoms with Crippen LogP contribution < -0.4 is 4.74 Å². The Hall–Kier alpha value is -1.13. The molecule has 0 fully saturated rings. The minimum absolute atomic E-state index is 0.150. The van der Waals surface area contributed by atoms with Crippen LogP contribution >= 0.6 is 46.4 Å². The number of aryl methyl sites for hydroxylation is 2. The highest BCUT2D eigenvalue weighted by Gasteiger charge is 2.19. The summed E-state index contributed by atoms with van der Waals surface area (Å²) in [6.07, 6.45) is -0.853. The van der Waals surface area contributed by atoms with Crippen molar-refractivity contribution in [3.05, 3.63) is 61.6 Å². The van der Waals surface area contributed by atoms with Gasteiger partial charge in [0.1, 0.15) is 12.4 Å². The number of alkyl halides is 1. The summed E-state index contributed by atoms with van der Waals surface area (Å²) in [7, 11) is 0. The largest absolute Gasteiger partial charge is 0.477 e. The lowest BCUT2D eigenvalue weighted by molar-refractivity contribution is -0.152. The molecule has 3 nitrogen and oxygen atoms in total. The summed E-state index contributed by atoms with van der Waals surface area (Å²) in [5.41, 5.74) is 4.05. The van der Waals surface area contributed by atoms with E-state index in [9.17, 15) is 4.79 Å². The standard InChI is InChI=1S/C19H18Cl4O3/c1-10-5-14(11(2)4-13(10)8-20)9-25-19(24)12(3)26-18-7-16(22)15(21)6-17(18)23/h4-7,12H,8-9H2,1-3H3. The van der Waals surface area contributed by atoms with Gasteiger partial charge in [-0.25, -0.2) is 4.79 Å².